The molecule has 0 saturated heterocycles. The van der Waals surface area contributed by atoms with Crippen LogP contribution in [-0.2, 0) is 0 Å². The van der Waals surface area contributed by atoms with Crippen LogP contribution in [0.25, 0.3) is 0 Å². The standard InChI is InChI=1S/2C2H5N.2C2H6/c1-3-2;1-2-3;2*1-2/h1H2,2H3;2H,1,3H2;2*1-2H3. The van der Waals surface area contributed by atoms with Gasteiger partial charge in [-0.1, -0.05) is 34.3 Å². The summed E-state index contributed by atoms with van der Waals surface area (Å²) in [6.45, 7) is 14.2. The van der Waals surface area contributed by atoms with Gasteiger partial charge in [-0.2, -0.15) is 0 Å². The van der Waals surface area contributed by atoms with E-state index in [2.05, 4.69) is 24.0 Å². The van der Waals surface area contributed by atoms with Gasteiger partial charge in [-0.3, -0.25) is 0 Å². The van der Waals surface area contributed by atoms with Crippen LogP contribution >= 0.6 is 0 Å². The molecule has 0 aliphatic carbocycles. The second kappa shape index (κ2) is 292. The molecule has 0 atom stereocenters. The maximum Gasteiger partial charge on any atom is 0.0269 e. The van der Waals surface area contributed by atoms with E-state index in [4.69, 9.17) is 0 Å². The van der Waals surface area contributed by atoms with Gasteiger partial charge in [0.1, 0.15) is 0 Å². The first-order chi connectivity index (χ1) is 4.83. The highest BCUT2D eigenvalue weighted by molar-refractivity contribution is 5.22. The molecule has 0 aromatic heterocycles. The molecule has 10 heavy (non-hydrogen) atoms. The van der Waals surface area contributed by atoms with Crippen LogP contribution in [0.5, 0.6) is 0 Å². The van der Waals surface area contributed by atoms with Gasteiger partial charge in [0.25, 0.3) is 0 Å². The van der Waals surface area contributed by atoms with E-state index >= 15 is 0 Å². The van der Waals surface area contributed by atoms with Gasteiger partial charge in [0.15, 0.2) is 0 Å². The molecule has 0 aromatic carbocycles. The molecule has 0 saturated carbocycles. The lowest BCUT2D eigenvalue weighted by Gasteiger charge is -1.40. The minimum Gasteiger partial charge on any atom is -0.405 e. The largest absolute Gasteiger partial charge is 0.405 e. The average Bonchev–Trinajstić information content (AvgIpc) is 1.99. The lowest BCUT2D eigenvalue weighted by atomic mass is 11.0. The van der Waals surface area contributed by atoms with Gasteiger partial charge in [-0.15, -0.1) is 0 Å². The summed E-state index contributed by atoms with van der Waals surface area (Å²) in [6.07, 6.45) is 1.25. The first kappa shape index (κ1) is 22.9. The number of nitrogens with two attached hydrogens (primary N) is 1. The normalized spacial score (nSPS) is 3.70. The zero-order valence-corrected chi connectivity index (χ0v) is 8.02. The highest BCUT2D eigenvalue weighted by atomic mass is 14.6. The van der Waals surface area contributed by atoms with Crippen molar-refractivity contribution in [2.45, 2.75) is 27.7 Å². The fourth-order valence-corrected chi connectivity index (χ4v) is 0. The molecule has 0 aromatic rings. The van der Waals surface area contributed by atoms with Crippen LogP contribution in [0.3, 0.4) is 0 Å². The fourth-order valence-electron chi connectivity index (χ4n) is 0. The van der Waals surface area contributed by atoms with Crippen molar-refractivity contribution in [1.29, 1.82) is 0 Å². The molecule has 0 rings (SSSR count). The molecule has 0 aliphatic heterocycles. The molecule has 0 bridgehead atoms. The quantitative estimate of drug-likeness (QED) is 0.524. The fraction of sp³-hybridized carbons (Fsp3) is 0.625. The van der Waals surface area contributed by atoms with Gasteiger partial charge in [0, 0.05) is 7.05 Å². The molecule has 0 aliphatic rings. The van der Waals surface area contributed by atoms with Gasteiger partial charge in [0.2, 0.25) is 0 Å². The molecule has 2 nitrogen and oxygen atoms in total. The minimum absolute atomic E-state index is 1.25. The second-order valence-corrected chi connectivity index (χ2v) is 0.552. The van der Waals surface area contributed by atoms with Crippen molar-refractivity contribution in [2.24, 2.45) is 10.7 Å². The monoisotopic (exact) mass is 146 g/mol. The van der Waals surface area contributed by atoms with E-state index in [9.17, 15) is 0 Å². The zero-order valence-electron chi connectivity index (χ0n) is 8.02. The van der Waals surface area contributed by atoms with Gasteiger partial charge in [0.05, 0.1) is 0 Å². The van der Waals surface area contributed by atoms with Crippen molar-refractivity contribution >= 4 is 6.72 Å². The highest BCUT2D eigenvalue weighted by Crippen LogP contribution is 1.22. The van der Waals surface area contributed by atoms with Crippen molar-refractivity contribution in [1.82, 2.24) is 0 Å². The molecule has 2 heteroatoms. The molecule has 2 N–H and O–H groups in total. The molecule has 64 valence electrons. The Hall–Kier alpha value is -0.790. The van der Waals surface area contributed by atoms with Gasteiger partial charge >= 0.3 is 0 Å². The van der Waals surface area contributed by atoms with E-state index in [1.54, 1.807) is 7.05 Å². The molecule has 0 heterocycles. The van der Waals surface area contributed by atoms with Gasteiger partial charge in [-0.25, -0.2) is 0 Å². The van der Waals surface area contributed by atoms with Crippen LogP contribution in [0, 0.1) is 0 Å². The average molecular weight is 146 g/mol. The molecule has 0 radical (unpaired) electrons. The highest BCUT2D eigenvalue weighted by Gasteiger charge is 1.09. The number of rotatable bonds is 0. The molecular weight excluding hydrogens is 124 g/mol. The third kappa shape index (κ3) is 446. The summed E-state index contributed by atoms with van der Waals surface area (Å²) in [4.78, 5) is 3.25. The summed E-state index contributed by atoms with van der Waals surface area (Å²) in [6, 6.07) is 0. The molecular formula is C8H22N2. The maximum atomic E-state index is 4.61. The third-order valence-corrected chi connectivity index (χ3v) is 0. The van der Waals surface area contributed by atoms with E-state index in [0.29, 0.717) is 0 Å². The van der Waals surface area contributed by atoms with Crippen LogP contribution < -0.4 is 5.73 Å². The number of nitrogens with zero attached hydrogens (tertiary/aromatic N) is 1. The van der Waals surface area contributed by atoms with Gasteiger partial charge in [-0.05, 0) is 12.9 Å². The number of hydrogen-bond acceptors (Lipinski definition) is 2. The van der Waals surface area contributed by atoms with E-state index in [0.717, 1.165) is 0 Å². The van der Waals surface area contributed by atoms with Crippen molar-refractivity contribution in [3.63, 3.8) is 0 Å². The summed E-state index contributed by atoms with van der Waals surface area (Å²) in [5.41, 5.74) is 4.61. The van der Waals surface area contributed by atoms with Crippen LogP contribution in [0.1, 0.15) is 27.7 Å². The second-order valence-electron chi connectivity index (χ2n) is 0.552. The van der Waals surface area contributed by atoms with Crippen molar-refractivity contribution in [3.05, 3.63) is 12.8 Å². The Morgan fingerprint density at radius 1 is 1.20 bits per heavy atom. The molecule has 0 fully saturated rings. The summed E-state index contributed by atoms with van der Waals surface area (Å²) >= 11 is 0. The van der Waals surface area contributed by atoms with E-state index in [1.807, 2.05) is 27.7 Å². The Bertz CT molecular complexity index is 28.2. The van der Waals surface area contributed by atoms with Crippen molar-refractivity contribution in [3.8, 4) is 0 Å². The van der Waals surface area contributed by atoms with Crippen LogP contribution in [0.2, 0.25) is 0 Å². The summed E-state index contributed by atoms with van der Waals surface area (Å²) < 4.78 is 0. The zero-order chi connectivity index (χ0) is 9.41. The summed E-state index contributed by atoms with van der Waals surface area (Å²) in [5.74, 6) is 0. The number of aliphatic imine (C=N–C) groups is 1. The summed E-state index contributed by atoms with van der Waals surface area (Å²) in [7, 11) is 1.64. The molecule has 0 unspecified atom stereocenters. The molecule has 0 amide bonds. The Labute approximate surface area is 65.9 Å². The SMILES string of the molecule is C=CN.C=NC.CC.CC. The lowest BCUT2D eigenvalue weighted by molar-refractivity contribution is 1.49. The van der Waals surface area contributed by atoms with E-state index < -0.39 is 0 Å². The van der Waals surface area contributed by atoms with E-state index in [1.165, 1.54) is 6.20 Å². The lowest BCUT2D eigenvalue weighted by Crippen LogP contribution is -1.67. The Kier molecular flexibility index (Phi) is 667. The Balaban J connectivity index is -0.0000000246. The predicted octanol–water partition coefficient (Wildman–Crippen LogP) is 2.46. The Morgan fingerprint density at radius 2 is 1.20 bits per heavy atom. The summed E-state index contributed by atoms with van der Waals surface area (Å²) in [5, 5.41) is 0. The first-order valence-electron chi connectivity index (χ1n) is 3.51. The van der Waals surface area contributed by atoms with Gasteiger partial charge < -0.3 is 10.7 Å². The smallest absolute Gasteiger partial charge is 0.0269 e. The van der Waals surface area contributed by atoms with Crippen LogP contribution in [0.15, 0.2) is 17.8 Å². The van der Waals surface area contributed by atoms with Crippen molar-refractivity contribution < 1.29 is 0 Å². The van der Waals surface area contributed by atoms with Crippen LogP contribution in [0.4, 0.5) is 0 Å². The minimum atomic E-state index is 1.25. The van der Waals surface area contributed by atoms with E-state index in [-0.39, 0.29) is 0 Å². The Morgan fingerprint density at radius 3 is 1.20 bits per heavy atom. The maximum absolute atomic E-state index is 4.61. The van der Waals surface area contributed by atoms with Crippen molar-refractivity contribution in [2.75, 3.05) is 7.05 Å². The number of hydrogen-bond donors (Lipinski definition) is 1. The van der Waals surface area contributed by atoms with Crippen LogP contribution in [-0.4, -0.2) is 13.8 Å². The molecule has 0 spiro atoms. The topological polar surface area (TPSA) is 38.4 Å². The third-order valence-electron chi connectivity index (χ3n) is 0. The predicted molar refractivity (Wildman–Crippen MR) is 52.6 cm³/mol. The first-order valence-corrected chi connectivity index (χ1v) is 3.51.